The van der Waals surface area contributed by atoms with Crippen LogP contribution in [0.1, 0.15) is 19.4 Å². The average molecular weight is 437 g/mol. The summed E-state index contributed by atoms with van der Waals surface area (Å²) in [5.41, 5.74) is 1.07. The molecule has 0 radical (unpaired) electrons. The van der Waals surface area contributed by atoms with E-state index in [2.05, 4.69) is 5.32 Å². The summed E-state index contributed by atoms with van der Waals surface area (Å²) in [4.78, 5) is 24.2. The summed E-state index contributed by atoms with van der Waals surface area (Å²) in [6.07, 6.45) is 0.742. The highest BCUT2D eigenvalue weighted by atomic mass is 32.2. The van der Waals surface area contributed by atoms with E-state index in [0.29, 0.717) is 33.8 Å². The van der Waals surface area contributed by atoms with Crippen molar-refractivity contribution in [3.63, 3.8) is 0 Å². The van der Waals surface area contributed by atoms with Gasteiger partial charge in [-0.05, 0) is 44.2 Å². The zero-order valence-corrected chi connectivity index (χ0v) is 17.3. The first-order valence-corrected chi connectivity index (χ1v) is 10.0. The molecule has 30 heavy (non-hydrogen) atoms. The van der Waals surface area contributed by atoms with E-state index < -0.39 is 24.2 Å². The molecule has 6 nitrogen and oxygen atoms in total. The second kappa shape index (κ2) is 9.34. The molecule has 1 aliphatic rings. The lowest BCUT2D eigenvalue weighted by Gasteiger charge is -2.18. The minimum atomic E-state index is -2.51. The molecule has 1 aliphatic heterocycles. The number of carbonyl (C=O) groups excluding carboxylic acids is 2. The van der Waals surface area contributed by atoms with Gasteiger partial charge in [0.15, 0.2) is 24.7 Å². The normalized spacial score (nSPS) is 14.0. The van der Waals surface area contributed by atoms with E-state index in [1.807, 2.05) is 26.0 Å². The first-order valence-electron chi connectivity index (χ1n) is 9.16. The van der Waals surface area contributed by atoms with Crippen molar-refractivity contribution in [2.75, 3.05) is 18.5 Å². The summed E-state index contributed by atoms with van der Waals surface area (Å²) < 4.78 is 40.9. The molecule has 0 aliphatic carbocycles. The van der Waals surface area contributed by atoms with Crippen molar-refractivity contribution in [3.05, 3.63) is 48.0 Å². The maximum absolute atomic E-state index is 12.3. The zero-order valence-electron chi connectivity index (χ0n) is 16.4. The number of fused-ring (bicyclic) bond motifs is 1. The zero-order chi connectivity index (χ0) is 21.7. The Morgan fingerprint density at radius 2 is 1.90 bits per heavy atom. The minimum Gasteiger partial charge on any atom is -0.483 e. The van der Waals surface area contributed by atoms with Crippen molar-refractivity contribution in [2.24, 2.45) is 0 Å². The van der Waals surface area contributed by atoms with Crippen LogP contribution in [-0.2, 0) is 20.7 Å². The highest BCUT2D eigenvalue weighted by Gasteiger charge is 2.32. The van der Waals surface area contributed by atoms with Crippen LogP contribution in [-0.4, -0.2) is 36.4 Å². The van der Waals surface area contributed by atoms with Gasteiger partial charge in [-0.3, -0.25) is 4.79 Å². The number of hydrogen-bond donors (Lipinski definition) is 1. The van der Waals surface area contributed by atoms with Gasteiger partial charge in [-0.1, -0.05) is 23.9 Å². The third-order valence-corrected chi connectivity index (χ3v) is 4.85. The minimum absolute atomic E-state index is 0.337. The van der Waals surface area contributed by atoms with Crippen molar-refractivity contribution in [3.8, 4) is 11.5 Å². The van der Waals surface area contributed by atoms with Crippen molar-refractivity contribution < 1.29 is 32.6 Å². The first-order chi connectivity index (χ1) is 14.2. The molecule has 1 heterocycles. The second-order valence-corrected chi connectivity index (χ2v) is 8.25. The smallest absolute Gasteiger partial charge is 0.344 e. The molecule has 1 N–H and O–H groups in total. The number of alkyl halides is 2. The molecule has 0 spiro atoms. The maximum atomic E-state index is 12.3. The summed E-state index contributed by atoms with van der Waals surface area (Å²) in [7, 11) is 0. The van der Waals surface area contributed by atoms with Gasteiger partial charge >= 0.3 is 5.97 Å². The topological polar surface area (TPSA) is 73.9 Å². The number of amides is 1. The summed E-state index contributed by atoms with van der Waals surface area (Å²) in [6.45, 7) is 3.07. The number of halogens is 2. The van der Waals surface area contributed by atoms with Gasteiger partial charge in [-0.25, -0.2) is 4.79 Å². The van der Waals surface area contributed by atoms with E-state index in [1.165, 1.54) is 24.3 Å². The predicted molar refractivity (Wildman–Crippen MR) is 108 cm³/mol. The van der Waals surface area contributed by atoms with Crippen LogP contribution in [0.5, 0.6) is 11.5 Å². The van der Waals surface area contributed by atoms with Gasteiger partial charge in [-0.2, -0.15) is 8.78 Å². The molecular weight excluding hydrogens is 416 g/mol. The fourth-order valence-electron chi connectivity index (χ4n) is 2.94. The molecular formula is C21H21F2NO5S. The summed E-state index contributed by atoms with van der Waals surface area (Å²) in [5, 5.41) is 2.52. The van der Waals surface area contributed by atoms with Gasteiger partial charge in [0, 0.05) is 22.6 Å². The fourth-order valence-corrected chi connectivity index (χ4v) is 3.44. The number of nitrogens with one attached hydrogen (secondary N) is 1. The Hall–Kier alpha value is -2.81. The van der Waals surface area contributed by atoms with Crippen LogP contribution in [0, 0.1) is 0 Å². The van der Waals surface area contributed by atoms with E-state index in [0.717, 1.165) is 12.0 Å². The van der Waals surface area contributed by atoms with Gasteiger partial charge in [0.05, 0.1) is 0 Å². The van der Waals surface area contributed by atoms with Gasteiger partial charge in [0.25, 0.3) is 11.7 Å². The molecule has 1 amide bonds. The molecule has 0 bridgehead atoms. The summed E-state index contributed by atoms with van der Waals surface area (Å²) in [6, 6.07) is 11.4. The molecule has 0 saturated heterocycles. The van der Waals surface area contributed by atoms with Gasteiger partial charge in [0.2, 0.25) is 0 Å². The Morgan fingerprint density at radius 3 is 2.60 bits per heavy atom. The van der Waals surface area contributed by atoms with Crippen molar-refractivity contribution >= 4 is 29.3 Å². The Labute approximate surface area is 176 Å². The second-order valence-electron chi connectivity index (χ2n) is 7.18. The standard InChI is InChI=1S/C21H21F2NO5S/c1-21(2)10-13-4-3-5-16(19(13)29-21)27-12-18(26)28-11-17(25)24-14-6-8-15(9-7-14)30-20(22)23/h3-9,20H,10-12H2,1-2H3,(H,24,25). The number of para-hydroxylation sites is 1. The van der Waals surface area contributed by atoms with Crippen molar-refractivity contribution in [1.29, 1.82) is 0 Å². The third-order valence-electron chi connectivity index (χ3n) is 4.13. The van der Waals surface area contributed by atoms with Gasteiger partial charge in [-0.15, -0.1) is 0 Å². The number of benzene rings is 2. The summed E-state index contributed by atoms with van der Waals surface area (Å²) in [5.74, 6) is -2.71. The molecule has 0 aromatic heterocycles. The highest BCUT2D eigenvalue weighted by molar-refractivity contribution is 7.99. The number of carbonyl (C=O) groups is 2. The van der Waals surface area contributed by atoms with Crippen LogP contribution in [0.25, 0.3) is 0 Å². The van der Waals surface area contributed by atoms with Crippen LogP contribution >= 0.6 is 11.8 Å². The van der Waals surface area contributed by atoms with Crippen LogP contribution in [0.2, 0.25) is 0 Å². The average Bonchev–Trinajstić information content (AvgIpc) is 3.00. The van der Waals surface area contributed by atoms with E-state index in [4.69, 9.17) is 14.2 Å². The molecule has 9 heteroatoms. The maximum Gasteiger partial charge on any atom is 0.344 e. The molecule has 0 atom stereocenters. The highest BCUT2D eigenvalue weighted by Crippen LogP contribution is 2.41. The van der Waals surface area contributed by atoms with Crippen molar-refractivity contribution in [2.45, 2.75) is 36.5 Å². The van der Waals surface area contributed by atoms with E-state index in [-0.39, 0.29) is 12.2 Å². The monoisotopic (exact) mass is 437 g/mol. The molecule has 0 fully saturated rings. The largest absolute Gasteiger partial charge is 0.483 e. The Kier molecular flexibility index (Phi) is 6.81. The number of esters is 1. The predicted octanol–water partition coefficient (Wildman–Crippen LogP) is 4.28. The van der Waals surface area contributed by atoms with Crippen LogP contribution in [0.3, 0.4) is 0 Å². The Bertz CT molecular complexity index is 918. The molecule has 0 saturated carbocycles. The number of hydrogen-bond acceptors (Lipinski definition) is 6. The number of thioether (sulfide) groups is 1. The lowest BCUT2D eigenvalue weighted by atomic mass is 10.0. The molecule has 2 aromatic carbocycles. The first kappa shape index (κ1) is 21.9. The fraction of sp³-hybridized carbons (Fsp3) is 0.333. The van der Waals surface area contributed by atoms with E-state index in [9.17, 15) is 18.4 Å². The number of anilines is 1. The van der Waals surface area contributed by atoms with Gasteiger partial charge in [0.1, 0.15) is 5.60 Å². The van der Waals surface area contributed by atoms with E-state index in [1.54, 1.807) is 6.07 Å². The number of rotatable bonds is 8. The Morgan fingerprint density at radius 1 is 1.17 bits per heavy atom. The Balaban J connectivity index is 1.43. The third kappa shape index (κ3) is 6.09. The van der Waals surface area contributed by atoms with E-state index >= 15 is 0 Å². The lowest BCUT2D eigenvalue weighted by molar-refractivity contribution is -0.149. The van der Waals surface area contributed by atoms with Crippen LogP contribution < -0.4 is 14.8 Å². The SMILES string of the molecule is CC1(C)Cc2cccc(OCC(=O)OCC(=O)Nc3ccc(SC(F)F)cc3)c2O1. The molecule has 0 unspecified atom stereocenters. The van der Waals surface area contributed by atoms with Crippen molar-refractivity contribution in [1.82, 2.24) is 0 Å². The van der Waals surface area contributed by atoms with Crippen LogP contribution in [0.4, 0.5) is 14.5 Å². The van der Waals surface area contributed by atoms with Crippen LogP contribution in [0.15, 0.2) is 47.4 Å². The quantitative estimate of drug-likeness (QED) is 0.491. The molecule has 2 aromatic rings. The summed E-state index contributed by atoms with van der Waals surface area (Å²) >= 11 is 0.413. The van der Waals surface area contributed by atoms with Gasteiger partial charge < -0.3 is 19.5 Å². The lowest BCUT2D eigenvalue weighted by Crippen LogP contribution is -2.25. The molecule has 160 valence electrons. The number of ether oxygens (including phenoxy) is 3. The molecule has 3 rings (SSSR count).